The van der Waals surface area contributed by atoms with Crippen molar-refractivity contribution in [3.05, 3.63) is 0 Å². The minimum absolute atomic E-state index is 0.132. The Hall–Kier alpha value is -0.340. The van der Waals surface area contributed by atoms with Crippen LogP contribution in [0.2, 0.25) is 0 Å². The third-order valence-electron chi connectivity index (χ3n) is 3.00. The van der Waals surface area contributed by atoms with Crippen LogP contribution in [0.25, 0.3) is 0 Å². The molecule has 0 aromatic heterocycles. The van der Waals surface area contributed by atoms with E-state index in [2.05, 4.69) is 0 Å². The van der Waals surface area contributed by atoms with Crippen molar-refractivity contribution in [3.63, 3.8) is 0 Å². The zero-order chi connectivity index (χ0) is 15.0. The number of rotatable bonds is 9. The molecule has 0 aliphatic carbocycles. The summed E-state index contributed by atoms with van der Waals surface area (Å²) in [5.41, 5.74) is 0. The fourth-order valence-electron chi connectivity index (χ4n) is 2.23. The van der Waals surface area contributed by atoms with Gasteiger partial charge >= 0.3 is 5.97 Å². The second-order valence-corrected chi connectivity index (χ2v) is 5.66. The van der Waals surface area contributed by atoms with Gasteiger partial charge in [-0.1, -0.05) is 0 Å². The first-order valence-electron chi connectivity index (χ1n) is 6.98. The lowest BCUT2D eigenvalue weighted by Crippen LogP contribution is -2.53. The zero-order valence-corrected chi connectivity index (χ0v) is 12.9. The van der Waals surface area contributed by atoms with Crippen LogP contribution >= 0.6 is 11.8 Å². The van der Waals surface area contributed by atoms with E-state index in [0.717, 1.165) is 31.0 Å². The summed E-state index contributed by atoms with van der Waals surface area (Å²) in [4.78, 5) is 10.8. The van der Waals surface area contributed by atoms with Gasteiger partial charge in [-0.25, -0.2) is 0 Å². The molecule has 1 rings (SSSR count). The van der Waals surface area contributed by atoms with Crippen molar-refractivity contribution in [1.29, 1.82) is 0 Å². The van der Waals surface area contributed by atoms with Gasteiger partial charge in [0.15, 0.2) is 0 Å². The second kappa shape index (κ2) is 8.84. The molecule has 0 amide bonds. The summed E-state index contributed by atoms with van der Waals surface area (Å²) < 4.78 is 16.4. The highest BCUT2D eigenvalue weighted by molar-refractivity contribution is 8.00. The normalized spacial score (nSPS) is 21.6. The zero-order valence-electron chi connectivity index (χ0n) is 12.0. The number of hydrogen-bond acceptors (Lipinski definition) is 6. The van der Waals surface area contributed by atoms with Crippen molar-refractivity contribution in [1.82, 2.24) is 0 Å². The van der Waals surface area contributed by atoms with Crippen LogP contribution in [0.1, 0.15) is 33.1 Å². The topological polar surface area (TPSA) is 85.2 Å². The van der Waals surface area contributed by atoms with Crippen LogP contribution < -0.4 is 0 Å². The number of carboxylic acid groups (broad SMARTS) is 1. The minimum Gasteiger partial charge on any atom is -0.481 e. The maximum atomic E-state index is 10.8. The molecule has 0 aromatic rings. The van der Waals surface area contributed by atoms with Crippen molar-refractivity contribution in [2.24, 2.45) is 0 Å². The summed E-state index contributed by atoms with van der Waals surface area (Å²) in [5.74, 6) is -2.88. The van der Waals surface area contributed by atoms with E-state index in [1.54, 1.807) is 13.8 Å². The fraction of sp³-hybridized carbons (Fsp3) is 0.923. The van der Waals surface area contributed by atoms with E-state index in [4.69, 9.17) is 19.3 Å². The van der Waals surface area contributed by atoms with E-state index < -0.39 is 17.2 Å². The highest BCUT2D eigenvalue weighted by Gasteiger charge is 2.45. The molecule has 0 bridgehead atoms. The minimum atomic E-state index is -1.81. The molecule has 0 saturated carbocycles. The fourth-order valence-corrected chi connectivity index (χ4v) is 3.33. The van der Waals surface area contributed by atoms with Crippen LogP contribution in [0.4, 0.5) is 0 Å². The highest BCUT2D eigenvalue weighted by Crippen LogP contribution is 2.34. The first kappa shape index (κ1) is 17.7. The standard InChI is InChI=1S/C13H24O6S/c1-3-18-13(16,19-4-2)12(20-9-11(14)15)10-7-5-6-8-17-10/h10,12,16H,3-9H2,1-2H3,(H,14,15). The van der Waals surface area contributed by atoms with Gasteiger partial charge in [0.25, 0.3) is 5.97 Å². The van der Waals surface area contributed by atoms with E-state index >= 15 is 0 Å². The molecule has 1 aliphatic heterocycles. The average Bonchev–Trinajstić information content (AvgIpc) is 2.40. The smallest absolute Gasteiger partial charge is 0.313 e. The number of carboxylic acids is 1. The third-order valence-corrected chi connectivity index (χ3v) is 4.37. The number of thioether (sulfide) groups is 1. The number of ether oxygens (including phenoxy) is 3. The number of aliphatic hydroxyl groups is 1. The lowest BCUT2D eigenvalue weighted by molar-refractivity contribution is -0.364. The first-order chi connectivity index (χ1) is 9.53. The summed E-state index contributed by atoms with van der Waals surface area (Å²) in [6, 6.07) is 0. The Labute approximate surface area is 123 Å². The van der Waals surface area contributed by atoms with Crippen molar-refractivity contribution in [2.75, 3.05) is 25.6 Å². The number of hydrogen-bond donors (Lipinski definition) is 2. The van der Waals surface area contributed by atoms with Crippen molar-refractivity contribution >= 4 is 17.7 Å². The first-order valence-corrected chi connectivity index (χ1v) is 8.03. The Morgan fingerprint density at radius 2 is 2.05 bits per heavy atom. The van der Waals surface area contributed by atoms with Gasteiger partial charge in [0.2, 0.25) is 0 Å². The van der Waals surface area contributed by atoms with Crippen molar-refractivity contribution in [2.45, 2.75) is 50.4 Å². The maximum Gasteiger partial charge on any atom is 0.313 e. The van der Waals surface area contributed by atoms with Gasteiger partial charge in [-0.15, -0.1) is 11.8 Å². The van der Waals surface area contributed by atoms with Crippen LogP contribution in [0.3, 0.4) is 0 Å². The largest absolute Gasteiger partial charge is 0.481 e. The van der Waals surface area contributed by atoms with Gasteiger partial charge in [-0.3, -0.25) is 4.79 Å². The average molecular weight is 308 g/mol. The number of aliphatic carboxylic acids is 1. The van der Waals surface area contributed by atoms with Crippen LogP contribution in [-0.2, 0) is 19.0 Å². The Balaban J connectivity index is 2.83. The lowest BCUT2D eigenvalue weighted by atomic mass is 10.0. The quantitative estimate of drug-likeness (QED) is 0.624. The Kier molecular flexibility index (Phi) is 7.83. The molecule has 20 heavy (non-hydrogen) atoms. The molecule has 2 atom stereocenters. The molecule has 0 spiro atoms. The van der Waals surface area contributed by atoms with Gasteiger partial charge < -0.3 is 24.4 Å². The molecule has 1 heterocycles. The van der Waals surface area contributed by atoms with Crippen LogP contribution in [0.15, 0.2) is 0 Å². The molecule has 2 unspecified atom stereocenters. The summed E-state index contributed by atoms with van der Waals surface area (Å²) in [6.45, 7) is 4.67. The second-order valence-electron chi connectivity index (χ2n) is 4.53. The van der Waals surface area contributed by atoms with Crippen LogP contribution in [0.5, 0.6) is 0 Å². The van der Waals surface area contributed by atoms with Crippen molar-refractivity contribution < 1.29 is 29.2 Å². The monoisotopic (exact) mass is 308 g/mol. The molecule has 1 saturated heterocycles. The van der Waals surface area contributed by atoms with Gasteiger partial charge in [0, 0.05) is 19.8 Å². The Bertz CT molecular complexity index is 287. The highest BCUT2D eigenvalue weighted by atomic mass is 32.2. The third kappa shape index (κ3) is 5.21. The van der Waals surface area contributed by atoms with E-state index in [9.17, 15) is 9.90 Å². The summed E-state index contributed by atoms with van der Waals surface area (Å²) in [7, 11) is 0. The Morgan fingerprint density at radius 3 is 2.50 bits per heavy atom. The molecule has 2 N–H and O–H groups in total. The van der Waals surface area contributed by atoms with E-state index in [0.29, 0.717) is 6.61 Å². The predicted octanol–water partition coefficient (Wildman–Crippen LogP) is 1.46. The van der Waals surface area contributed by atoms with Gasteiger partial charge in [-0.2, -0.15) is 0 Å². The molecule has 6 nitrogen and oxygen atoms in total. The number of carbonyl (C=O) groups is 1. The molecule has 1 fully saturated rings. The SMILES string of the molecule is CCOC(O)(OCC)C(SCC(=O)O)C1CCCCO1. The molecule has 0 aromatic carbocycles. The van der Waals surface area contributed by atoms with E-state index in [-0.39, 0.29) is 25.1 Å². The summed E-state index contributed by atoms with van der Waals surface area (Å²) in [5, 5.41) is 18.9. The van der Waals surface area contributed by atoms with Crippen LogP contribution in [0, 0.1) is 0 Å². The van der Waals surface area contributed by atoms with Crippen LogP contribution in [-0.4, -0.2) is 59.1 Å². The van der Waals surface area contributed by atoms with E-state index in [1.165, 1.54) is 0 Å². The van der Waals surface area contributed by atoms with E-state index in [1.807, 2.05) is 0 Å². The lowest BCUT2D eigenvalue weighted by Gasteiger charge is -2.39. The molecule has 0 radical (unpaired) electrons. The Morgan fingerprint density at radius 1 is 1.40 bits per heavy atom. The van der Waals surface area contributed by atoms with Gasteiger partial charge in [0.1, 0.15) is 5.25 Å². The maximum absolute atomic E-state index is 10.8. The van der Waals surface area contributed by atoms with Crippen molar-refractivity contribution in [3.8, 4) is 0 Å². The molecular formula is C13H24O6S. The molecule has 1 aliphatic rings. The summed E-state index contributed by atoms with van der Waals surface area (Å²) in [6.07, 6.45) is 2.47. The van der Waals surface area contributed by atoms with Gasteiger partial charge in [0.05, 0.1) is 11.9 Å². The molecular weight excluding hydrogens is 284 g/mol. The van der Waals surface area contributed by atoms with Gasteiger partial charge in [-0.05, 0) is 33.1 Å². The molecule has 118 valence electrons. The summed E-state index contributed by atoms with van der Waals surface area (Å²) >= 11 is 1.10. The predicted molar refractivity (Wildman–Crippen MR) is 75.7 cm³/mol. The molecule has 7 heteroatoms.